The van der Waals surface area contributed by atoms with Crippen LogP contribution in [0.2, 0.25) is 0 Å². The average Bonchev–Trinajstić information content (AvgIpc) is 3.43. The van der Waals surface area contributed by atoms with Crippen molar-refractivity contribution in [2.45, 2.75) is 25.4 Å². The molecule has 0 spiro atoms. The molecule has 0 aliphatic carbocycles. The molecule has 1 aromatic carbocycles. The summed E-state index contributed by atoms with van der Waals surface area (Å²) >= 11 is 0. The molecule has 2 atom stereocenters. The van der Waals surface area contributed by atoms with Gasteiger partial charge in [-0.2, -0.15) is 5.10 Å². The van der Waals surface area contributed by atoms with Crippen molar-refractivity contribution in [3.05, 3.63) is 42.2 Å². The fourth-order valence-electron chi connectivity index (χ4n) is 4.07. The standard InChI is InChI=1S/C20H22N5OP/c1-27-25-13(10-14-3-2-8-26-14)11-16-19(25)15-5-4-12(17-6-7-22-24-17)9-18(15)23-20(16)21/h4-7,9,11,14,27H,2-3,8,10H2,1H3,(H2,21,23)(H,22,24). The molecule has 1 saturated heterocycles. The lowest BCUT2D eigenvalue weighted by molar-refractivity contribution is 0.110. The Kier molecular flexibility index (Phi) is 4.10. The van der Waals surface area contributed by atoms with Crippen LogP contribution in [-0.2, 0) is 11.2 Å². The average molecular weight is 379 g/mol. The van der Waals surface area contributed by atoms with Crippen LogP contribution in [-0.4, -0.2) is 38.9 Å². The number of nitrogens with two attached hydrogens (primary N) is 1. The number of aromatic amines is 1. The normalized spacial score (nSPS) is 17.7. The van der Waals surface area contributed by atoms with E-state index in [0.717, 1.165) is 53.4 Å². The van der Waals surface area contributed by atoms with Gasteiger partial charge in [0.15, 0.2) is 0 Å². The van der Waals surface area contributed by atoms with Crippen LogP contribution in [0.25, 0.3) is 33.1 Å². The number of nitrogens with zero attached hydrogens (tertiary/aromatic N) is 3. The van der Waals surface area contributed by atoms with Crippen LogP contribution >= 0.6 is 8.73 Å². The summed E-state index contributed by atoms with van der Waals surface area (Å²) < 4.78 is 8.26. The first-order valence-electron chi connectivity index (χ1n) is 9.27. The van der Waals surface area contributed by atoms with Crippen LogP contribution in [0.4, 0.5) is 5.82 Å². The zero-order valence-corrected chi connectivity index (χ0v) is 16.2. The monoisotopic (exact) mass is 379 g/mol. The first kappa shape index (κ1) is 16.7. The molecule has 0 bridgehead atoms. The number of rotatable bonds is 4. The number of nitrogen functional groups attached to an aromatic ring is 1. The molecular weight excluding hydrogens is 357 g/mol. The van der Waals surface area contributed by atoms with Gasteiger partial charge in [-0.3, -0.25) is 5.10 Å². The van der Waals surface area contributed by atoms with E-state index in [-0.39, 0.29) is 0 Å². The second-order valence-electron chi connectivity index (χ2n) is 7.00. The van der Waals surface area contributed by atoms with E-state index in [2.05, 4.69) is 45.5 Å². The van der Waals surface area contributed by atoms with Crippen LogP contribution in [0.3, 0.4) is 0 Å². The Balaban J connectivity index is 1.69. The molecule has 4 heterocycles. The van der Waals surface area contributed by atoms with Crippen molar-refractivity contribution in [3.8, 4) is 11.3 Å². The molecule has 5 rings (SSSR count). The lowest BCUT2D eigenvalue weighted by Gasteiger charge is -2.13. The van der Waals surface area contributed by atoms with Gasteiger partial charge in [0.2, 0.25) is 0 Å². The molecule has 7 heteroatoms. The number of aromatic nitrogens is 4. The third kappa shape index (κ3) is 2.80. The van der Waals surface area contributed by atoms with Gasteiger partial charge in [0.05, 0.1) is 22.8 Å². The number of hydrogen-bond acceptors (Lipinski definition) is 4. The summed E-state index contributed by atoms with van der Waals surface area (Å²) in [6.45, 7) is 3.09. The fourth-order valence-corrected chi connectivity index (χ4v) is 4.97. The maximum Gasteiger partial charge on any atom is 0.133 e. The minimum absolute atomic E-state index is 0.317. The Bertz CT molecular complexity index is 1110. The molecule has 0 amide bonds. The molecular formula is C20H22N5OP. The summed E-state index contributed by atoms with van der Waals surface area (Å²) in [5.74, 6) is 0.588. The smallest absolute Gasteiger partial charge is 0.133 e. The van der Waals surface area contributed by atoms with E-state index in [0.29, 0.717) is 20.7 Å². The Morgan fingerprint density at radius 3 is 2.96 bits per heavy atom. The highest BCUT2D eigenvalue weighted by Gasteiger charge is 2.21. The van der Waals surface area contributed by atoms with Gasteiger partial charge in [0.25, 0.3) is 0 Å². The summed E-state index contributed by atoms with van der Waals surface area (Å²) in [6.07, 6.45) is 5.30. The van der Waals surface area contributed by atoms with Gasteiger partial charge in [-0.25, -0.2) is 4.98 Å². The van der Waals surface area contributed by atoms with Crippen molar-refractivity contribution in [1.82, 2.24) is 19.5 Å². The van der Waals surface area contributed by atoms with Crippen LogP contribution in [0.15, 0.2) is 36.5 Å². The van der Waals surface area contributed by atoms with Crippen molar-refractivity contribution in [1.29, 1.82) is 0 Å². The minimum atomic E-state index is 0.317. The highest BCUT2D eigenvalue weighted by atomic mass is 31.1. The summed E-state index contributed by atoms with van der Waals surface area (Å²) in [7, 11) is 0.626. The SMILES string of the molecule is CPn1c(CC2CCCO2)cc2c(N)nc3cc(-c4ccn[nH]4)ccc3c21. The molecule has 0 saturated carbocycles. The number of nitrogens with one attached hydrogen (secondary N) is 1. The second kappa shape index (κ2) is 6.63. The maximum atomic E-state index is 6.36. The van der Waals surface area contributed by atoms with E-state index in [1.54, 1.807) is 6.20 Å². The van der Waals surface area contributed by atoms with E-state index in [4.69, 9.17) is 15.5 Å². The third-order valence-corrected chi connectivity index (χ3v) is 6.30. The maximum absolute atomic E-state index is 6.36. The van der Waals surface area contributed by atoms with Crippen LogP contribution in [0.5, 0.6) is 0 Å². The number of pyridine rings is 1. The second-order valence-corrected chi connectivity index (χ2v) is 7.89. The summed E-state index contributed by atoms with van der Waals surface area (Å²) in [5.41, 5.74) is 11.8. The molecule has 138 valence electrons. The zero-order valence-electron chi connectivity index (χ0n) is 15.2. The van der Waals surface area contributed by atoms with Gasteiger partial charge >= 0.3 is 0 Å². The molecule has 2 unspecified atom stereocenters. The largest absolute Gasteiger partial charge is 0.383 e. The minimum Gasteiger partial charge on any atom is -0.383 e. The number of ether oxygens (including phenoxy) is 1. The van der Waals surface area contributed by atoms with E-state index < -0.39 is 0 Å². The predicted octanol–water partition coefficient (Wildman–Crippen LogP) is 3.95. The molecule has 0 radical (unpaired) electrons. The van der Waals surface area contributed by atoms with Crippen molar-refractivity contribution in [2.75, 3.05) is 19.0 Å². The van der Waals surface area contributed by atoms with Crippen molar-refractivity contribution < 1.29 is 4.74 Å². The van der Waals surface area contributed by atoms with E-state index in [1.807, 2.05) is 6.07 Å². The van der Waals surface area contributed by atoms with Crippen molar-refractivity contribution in [3.63, 3.8) is 0 Å². The van der Waals surface area contributed by atoms with E-state index in [9.17, 15) is 0 Å². The van der Waals surface area contributed by atoms with Crippen molar-refractivity contribution in [2.24, 2.45) is 0 Å². The van der Waals surface area contributed by atoms with Gasteiger partial charge in [-0.15, -0.1) is 0 Å². The molecule has 1 aliphatic rings. The van der Waals surface area contributed by atoms with Crippen LogP contribution < -0.4 is 5.73 Å². The Morgan fingerprint density at radius 2 is 2.22 bits per heavy atom. The topological polar surface area (TPSA) is 81.8 Å². The van der Waals surface area contributed by atoms with Gasteiger partial charge in [0.1, 0.15) is 5.82 Å². The zero-order chi connectivity index (χ0) is 18.4. The van der Waals surface area contributed by atoms with Gasteiger partial charge in [-0.05, 0) is 52.5 Å². The molecule has 3 N–H and O–H groups in total. The first-order valence-corrected chi connectivity index (χ1v) is 10.7. The number of benzene rings is 1. The van der Waals surface area contributed by atoms with Gasteiger partial charge in [0, 0.05) is 41.3 Å². The number of fused-ring (bicyclic) bond motifs is 3. The highest BCUT2D eigenvalue weighted by Crippen LogP contribution is 2.37. The number of H-pyrrole nitrogens is 1. The molecule has 27 heavy (non-hydrogen) atoms. The van der Waals surface area contributed by atoms with Gasteiger partial charge in [-0.1, -0.05) is 6.07 Å². The molecule has 1 fully saturated rings. The highest BCUT2D eigenvalue weighted by molar-refractivity contribution is 7.35. The first-order chi connectivity index (χ1) is 13.2. The Hall–Kier alpha value is -2.43. The summed E-state index contributed by atoms with van der Waals surface area (Å²) in [4.78, 5) is 4.70. The Morgan fingerprint density at radius 1 is 1.30 bits per heavy atom. The van der Waals surface area contributed by atoms with E-state index >= 15 is 0 Å². The molecule has 3 aromatic heterocycles. The van der Waals surface area contributed by atoms with Crippen molar-refractivity contribution >= 4 is 36.4 Å². The summed E-state index contributed by atoms with van der Waals surface area (Å²) in [5, 5.41) is 9.23. The predicted molar refractivity (Wildman–Crippen MR) is 112 cm³/mol. The third-order valence-electron chi connectivity index (χ3n) is 5.34. The molecule has 1 aliphatic heterocycles. The lowest BCUT2D eigenvalue weighted by atomic mass is 10.1. The molecule has 4 aromatic rings. The Labute approximate surface area is 158 Å². The van der Waals surface area contributed by atoms with E-state index in [1.165, 1.54) is 11.2 Å². The van der Waals surface area contributed by atoms with Crippen LogP contribution in [0.1, 0.15) is 18.5 Å². The quantitative estimate of drug-likeness (QED) is 0.526. The van der Waals surface area contributed by atoms with Crippen LogP contribution in [0, 0.1) is 0 Å². The summed E-state index contributed by atoms with van der Waals surface area (Å²) in [6, 6.07) is 10.5. The van der Waals surface area contributed by atoms with Gasteiger partial charge < -0.3 is 14.8 Å². The molecule has 6 nitrogen and oxygen atoms in total. The lowest BCUT2D eigenvalue weighted by Crippen LogP contribution is -2.10. The number of anilines is 1. The fraction of sp³-hybridized carbons (Fsp3) is 0.300. The number of hydrogen-bond donors (Lipinski definition) is 2.